The van der Waals surface area contributed by atoms with Gasteiger partial charge in [-0.15, -0.1) is 0 Å². The van der Waals surface area contributed by atoms with E-state index in [0.29, 0.717) is 40.5 Å². The van der Waals surface area contributed by atoms with Gasteiger partial charge in [0.15, 0.2) is 17.3 Å². The number of hydrogen-bond donors (Lipinski definition) is 2. The first-order chi connectivity index (χ1) is 23.4. The van der Waals surface area contributed by atoms with Gasteiger partial charge in [-0.1, -0.05) is 78.9 Å². The van der Waals surface area contributed by atoms with Crippen molar-refractivity contribution in [1.82, 2.24) is 5.32 Å². The van der Waals surface area contributed by atoms with Crippen LogP contribution >= 0.6 is 0 Å². The third-order valence-corrected chi connectivity index (χ3v) is 7.24. The Kier molecular flexibility index (Phi) is 11.2. The molecule has 0 fully saturated rings. The number of rotatable bonds is 13. The maximum Gasteiger partial charge on any atom is 0.272 e. The summed E-state index contributed by atoms with van der Waals surface area (Å²) in [6.45, 7) is 0.474. The molecule has 0 radical (unpaired) electrons. The minimum absolute atomic E-state index is 0.0185. The van der Waals surface area contributed by atoms with Gasteiger partial charge in [-0.25, -0.2) is 0 Å². The first-order valence-electron chi connectivity index (χ1n) is 15.1. The topological polar surface area (TPSA) is 103 Å². The second-order valence-electron chi connectivity index (χ2n) is 10.5. The third-order valence-electron chi connectivity index (χ3n) is 7.24. The van der Waals surface area contributed by atoms with Crippen molar-refractivity contribution < 1.29 is 28.6 Å². The molecule has 5 aromatic rings. The fourth-order valence-corrected chi connectivity index (χ4v) is 4.72. The van der Waals surface area contributed by atoms with Crippen molar-refractivity contribution in [2.24, 2.45) is 0 Å². The summed E-state index contributed by atoms with van der Waals surface area (Å²) in [7, 11) is 3.01. The highest BCUT2D eigenvalue weighted by atomic mass is 16.5. The van der Waals surface area contributed by atoms with Gasteiger partial charge in [0.05, 0.1) is 14.2 Å². The number of amides is 2. The quantitative estimate of drug-likeness (QED) is 0.102. The van der Waals surface area contributed by atoms with Gasteiger partial charge in [0.1, 0.15) is 18.1 Å². The van der Waals surface area contributed by atoms with Crippen LogP contribution in [0.25, 0.3) is 12.2 Å². The zero-order valence-corrected chi connectivity index (χ0v) is 26.5. The molecule has 0 aliphatic rings. The van der Waals surface area contributed by atoms with Gasteiger partial charge in [0, 0.05) is 22.4 Å². The van der Waals surface area contributed by atoms with E-state index >= 15 is 0 Å². The second-order valence-corrected chi connectivity index (χ2v) is 10.5. The normalized spacial score (nSPS) is 11.1. The molecule has 8 heteroatoms. The number of benzene rings is 5. The van der Waals surface area contributed by atoms with Gasteiger partial charge < -0.3 is 24.8 Å². The molecule has 0 heterocycles. The van der Waals surface area contributed by atoms with E-state index in [2.05, 4.69) is 10.6 Å². The first kappa shape index (κ1) is 33.0. The first-order valence-corrected chi connectivity index (χ1v) is 15.1. The van der Waals surface area contributed by atoms with Gasteiger partial charge in [-0.05, 0) is 77.9 Å². The standard InChI is InChI=1S/C40H34N2O6/c1-46-37-15-9-14-32(38(37)47-2)26-35(42-39(44)31-12-7-4-8-13-31)40(45)41-33-21-19-30(20-22-33)36(43)25-18-28-16-23-34(24-17-28)48-27-29-10-5-3-6-11-29/h3-26H,27H2,1-2H3,(H,41,45)(H,42,44)/b25-18+,35-26-. The predicted octanol–water partition coefficient (Wildman–Crippen LogP) is 7.59. The molecule has 0 aliphatic heterocycles. The zero-order chi connectivity index (χ0) is 33.7. The van der Waals surface area contributed by atoms with Crippen LogP contribution < -0.4 is 24.8 Å². The smallest absolute Gasteiger partial charge is 0.272 e. The van der Waals surface area contributed by atoms with Crippen LogP contribution in [0.2, 0.25) is 0 Å². The molecular weight excluding hydrogens is 604 g/mol. The Morgan fingerprint density at radius 3 is 2.04 bits per heavy atom. The van der Waals surface area contributed by atoms with Crippen molar-refractivity contribution in [1.29, 1.82) is 0 Å². The summed E-state index contributed by atoms with van der Waals surface area (Å²) in [5.41, 5.74) is 3.71. The Hall–Kier alpha value is -6.41. The Morgan fingerprint density at radius 2 is 1.38 bits per heavy atom. The van der Waals surface area contributed by atoms with Crippen LogP contribution in [0.15, 0.2) is 139 Å². The van der Waals surface area contributed by atoms with Gasteiger partial charge in [-0.2, -0.15) is 0 Å². The number of carbonyl (C=O) groups excluding carboxylic acids is 3. The number of ketones is 1. The molecule has 8 nitrogen and oxygen atoms in total. The molecule has 48 heavy (non-hydrogen) atoms. The molecule has 0 saturated heterocycles. The second kappa shape index (κ2) is 16.2. The molecule has 0 spiro atoms. The maximum absolute atomic E-state index is 13.5. The summed E-state index contributed by atoms with van der Waals surface area (Å²) in [5, 5.41) is 5.51. The summed E-state index contributed by atoms with van der Waals surface area (Å²) in [5.74, 6) is 0.390. The van der Waals surface area contributed by atoms with Crippen LogP contribution in [0.5, 0.6) is 17.2 Å². The number of carbonyl (C=O) groups is 3. The van der Waals surface area contributed by atoms with Gasteiger partial charge >= 0.3 is 0 Å². The lowest BCUT2D eigenvalue weighted by Gasteiger charge is -2.14. The van der Waals surface area contributed by atoms with Crippen LogP contribution in [-0.4, -0.2) is 31.8 Å². The molecule has 5 aromatic carbocycles. The SMILES string of the molecule is COc1cccc(/C=C(\NC(=O)c2ccccc2)C(=O)Nc2ccc(C(=O)/C=C/c3ccc(OCc4ccccc4)cc3)cc2)c1OC. The minimum atomic E-state index is -0.570. The van der Waals surface area contributed by atoms with Crippen molar-refractivity contribution in [2.45, 2.75) is 6.61 Å². The molecule has 2 N–H and O–H groups in total. The van der Waals surface area contributed by atoms with Crippen LogP contribution in [-0.2, 0) is 11.4 Å². The van der Waals surface area contributed by atoms with E-state index in [1.807, 2.05) is 54.6 Å². The summed E-state index contributed by atoms with van der Waals surface area (Å²) in [6.07, 6.45) is 4.75. The molecule has 0 bridgehead atoms. The summed E-state index contributed by atoms with van der Waals surface area (Å²) in [4.78, 5) is 39.4. The number of nitrogens with one attached hydrogen (secondary N) is 2. The third kappa shape index (κ3) is 8.86. The van der Waals surface area contributed by atoms with Crippen molar-refractivity contribution in [3.05, 3.63) is 167 Å². The van der Waals surface area contributed by atoms with E-state index in [0.717, 1.165) is 16.9 Å². The monoisotopic (exact) mass is 638 g/mol. The number of ether oxygens (including phenoxy) is 3. The molecule has 0 saturated carbocycles. The lowest BCUT2D eigenvalue weighted by Crippen LogP contribution is -2.30. The summed E-state index contributed by atoms with van der Waals surface area (Å²) in [6, 6.07) is 37.7. The Labute approximate surface area is 279 Å². The molecule has 0 aliphatic carbocycles. The number of para-hydroxylation sites is 1. The highest BCUT2D eigenvalue weighted by Crippen LogP contribution is 2.32. The fourth-order valence-electron chi connectivity index (χ4n) is 4.72. The van der Waals surface area contributed by atoms with E-state index in [1.54, 1.807) is 78.9 Å². The van der Waals surface area contributed by atoms with Crippen LogP contribution in [0.4, 0.5) is 5.69 Å². The van der Waals surface area contributed by atoms with E-state index in [4.69, 9.17) is 14.2 Å². The van der Waals surface area contributed by atoms with Gasteiger partial charge in [0.25, 0.3) is 11.8 Å². The molecule has 0 atom stereocenters. The van der Waals surface area contributed by atoms with Crippen molar-refractivity contribution in [3.63, 3.8) is 0 Å². The minimum Gasteiger partial charge on any atom is -0.493 e. The largest absolute Gasteiger partial charge is 0.493 e. The van der Waals surface area contributed by atoms with Gasteiger partial charge in [-0.3, -0.25) is 14.4 Å². The van der Waals surface area contributed by atoms with E-state index in [1.165, 1.54) is 26.4 Å². The molecule has 0 unspecified atom stereocenters. The lowest BCUT2D eigenvalue weighted by molar-refractivity contribution is -0.113. The van der Waals surface area contributed by atoms with E-state index < -0.39 is 11.8 Å². The Bertz CT molecular complexity index is 1920. The average molecular weight is 639 g/mol. The van der Waals surface area contributed by atoms with E-state index in [-0.39, 0.29) is 11.5 Å². The maximum atomic E-state index is 13.5. The molecule has 240 valence electrons. The highest BCUT2D eigenvalue weighted by Gasteiger charge is 2.17. The van der Waals surface area contributed by atoms with Crippen LogP contribution in [0, 0.1) is 0 Å². The number of hydrogen-bond acceptors (Lipinski definition) is 6. The molecule has 5 rings (SSSR count). The number of anilines is 1. The summed E-state index contributed by atoms with van der Waals surface area (Å²) >= 11 is 0. The van der Waals surface area contributed by atoms with Gasteiger partial charge in [0.2, 0.25) is 0 Å². The summed E-state index contributed by atoms with van der Waals surface area (Å²) < 4.78 is 16.7. The van der Waals surface area contributed by atoms with Crippen LogP contribution in [0.1, 0.15) is 37.4 Å². The molecular formula is C40H34N2O6. The van der Waals surface area contributed by atoms with Crippen molar-refractivity contribution >= 4 is 35.4 Å². The Balaban J connectivity index is 1.25. The van der Waals surface area contributed by atoms with E-state index in [9.17, 15) is 14.4 Å². The highest BCUT2D eigenvalue weighted by molar-refractivity contribution is 6.11. The zero-order valence-electron chi connectivity index (χ0n) is 26.5. The predicted molar refractivity (Wildman–Crippen MR) is 187 cm³/mol. The fraction of sp³-hybridized carbons (Fsp3) is 0.0750. The Morgan fingerprint density at radius 1 is 0.688 bits per heavy atom. The number of methoxy groups -OCH3 is 2. The number of allylic oxidation sites excluding steroid dienone is 1. The van der Waals surface area contributed by atoms with Crippen molar-refractivity contribution in [3.8, 4) is 17.2 Å². The lowest BCUT2D eigenvalue weighted by atomic mass is 10.1. The molecule has 0 aromatic heterocycles. The van der Waals surface area contributed by atoms with Crippen LogP contribution in [0.3, 0.4) is 0 Å². The average Bonchev–Trinajstić information content (AvgIpc) is 3.14. The van der Waals surface area contributed by atoms with Crippen molar-refractivity contribution in [2.75, 3.05) is 19.5 Å². The molecule has 2 amide bonds.